The molecule has 0 amide bonds. The molecule has 0 aliphatic carbocycles. The first-order valence-corrected chi connectivity index (χ1v) is 5.46. The fourth-order valence-corrected chi connectivity index (χ4v) is 0.995. The maximum Gasteiger partial charge on any atom is 0.163 e. The lowest BCUT2D eigenvalue weighted by atomic mass is 9.44. The van der Waals surface area contributed by atoms with Crippen molar-refractivity contribution in [2.45, 2.75) is 51.6 Å². The summed E-state index contributed by atoms with van der Waals surface area (Å²) in [5.41, 5.74) is 5.45. The Morgan fingerprint density at radius 3 is 2.12 bits per heavy atom. The molecule has 1 atom stereocenters. The van der Waals surface area contributed by atoms with Crippen LogP contribution < -0.4 is 5.73 Å². The van der Waals surface area contributed by atoms with Crippen LogP contribution in [0.25, 0.3) is 0 Å². The third kappa shape index (κ3) is 4.86. The summed E-state index contributed by atoms with van der Waals surface area (Å²) in [7, 11) is 1.89. The third-order valence-electron chi connectivity index (χ3n) is 2.86. The molecule has 4 N–H and O–H groups in total. The van der Waals surface area contributed by atoms with E-state index in [0.717, 1.165) is 5.47 Å². The molecule has 3 nitrogen and oxygen atoms in total. The normalized spacial score (nSPS) is 16.6. The molecule has 4 heteroatoms. The maximum atomic E-state index is 9.99. The predicted molar refractivity (Wildman–Crippen MR) is 69.2 cm³/mol. The van der Waals surface area contributed by atoms with Crippen molar-refractivity contribution in [2.24, 2.45) is 5.73 Å². The Kier molecular flexibility index (Phi) is 5.30. The van der Waals surface area contributed by atoms with Gasteiger partial charge in [0.15, 0.2) is 7.28 Å². The van der Waals surface area contributed by atoms with Crippen LogP contribution >= 0.6 is 0 Å². The van der Waals surface area contributed by atoms with Crippen molar-refractivity contribution in [1.82, 2.24) is 0 Å². The van der Waals surface area contributed by atoms with Gasteiger partial charge in [0.2, 0.25) is 0 Å². The number of aliphatic hydroxyl groups is 2. The van der Waals surface area contributed by atoms with E-state index in [4.69, 9.17) is 10.8 Å². The Balaban J connectivity index is 4.70. The fourth-order valence-electron chi connectivity index (χ4n) is 0.995. The van der Waals surface area contributed by atoms with E-state index in [1.807, 2.05) is 21.1 Å². The molecule has 0 spiro atoms. The lowest BCUT2D eigenvalue weighted by molar-refractivity contribution is 0.0408. The summed E-state index contributed by atoms with van der Waals surface area (Å²) in [6.45, 7) is 9.07. The molecule has 0 heterocycles. The SMILES string of the molecule is CC(O)/C=C\C([B]C(C)(C)C(C)(C)O)=C/N. The monoisotopic (exact) mass is 224 g/mol. The summed E-state index contributed by atoms with van der Waals surface area (Å²) in [5.74, 6) is 0. The van der Waals surface area contributed by atoms with E-state index in [1.54, 1.807) is 32.9 Å². The van der Waals surface area contributed by atoms with Crippen molar-refractivity contribution in [3.05, 3.63) is 23.8 Å². The fraction of sp³-hybridized carbons (Fsp3) is 0.667. The van der Waals surface area contributed by atoms with Crippen molar-refractivity contribution in [1.29, 1.82) is 0 Å². The van der Waals surface area contributed by atoms with Gasteiger partial charge in [0.05, 0.1) is 11.7 Å². The van der Waals surface area contributed by atoms with Gasteiger partial charge >= 0.3 is 0 Å². The predicted octanol–water partition coefficient (Wildman–Crippen LogP) is 1.40. The van der Waals surface area contributed by atoms with Crippen LogP contribution in [0.2, 0.25) is 5.31 Å². The van der Waals surface area contributed by atoms with Gasteiger partial charge in [-0.2, -0.15) is 0 Å². The Morgan fingerprint density at radius 1 is 1.31 bits per heavy atom. The average molecular weight is 224 g/mol. The van der Waals surface area contributed by atoms with Gasteiger partial charge in [0.1, 0.15) is 0 Å². The Morgan fingerprint density at radius 2 is 1.81 bits per heavy atom. The largest absolute Gasteiger partial charge is 0.405 e. The van der Waals surface area contributed by atoms with Gasteiger partial charge in [-0.25, -0.2) is 0 Å². The van der Waals surface area contributed by atoms with Crippen LogP contribution in [0.3, 0.4) is 0 Å². The zero-order valence-electron chi connectivity index (χ0n) is 10.9. The van der Waals surface area contributed by atoms with Crippen LogP contribution in [0.1, 0.15) is 34.6 Å². The van der Waals surface area contributed by atoms with Gasteiger partial charge < -0.3 is 15.9 Å². The van der Waals surface area contributed by atoms with Gasteiger partial charge in [0, 0.05) is 0 Å². The zero-order chi connectivity index (χ0) is 13.0. The van der Waals surface area contributed by atoms with Crippen LogP contribution in [0, 0.1) is 0 Å². The van der Waals surface area contributed by atoms with Gasteiger partial charge in [-0.1, -0.05) is 31.5 Å². The van der Waals surface area contributed by atoms with E-state index in [1.165, 1.54) is 6.20 Å². The second-order valence-electron chi connectivity index (χ2n) is 5.19. The molecule has 1 radical (unpaired) electrons. The van der Waals surface area contributed by atoms with E-state index >= 15 is 0 Å². The molecule has 0 saturated heterocycles. The van der Waals surface area contributed by atoms with Crippen molar-refractivity contribution in [3.8, 4) is 0 Å². The Bertz CT molecular complexity index is 275. The standard InChI is InChI=1S/C12H23BNO2/c1-9(15)6-7-10(8-14)13-11(2,3)12(4,5)16/h6-9,15-16H,14H2,1-5H3/b7-6-,10-8+. The Hall–Kier alpha value is -0.735. The van der Waals surface area contributed by atoms with E-state index in [-0.39, 0.29) is 0 Å². The first-order chi connectivity index (χ1) is 7.10. The molecule has 0 bridgehead atoms. The van der Waals surface area contributed by atoms with Gasteiger partial charge in [-0.3, -0.25) is 0 Å². The van der Waals surface area contributed by atoms with E-state index in [2.05, 4.69) is 0 Å². The summed E-state index contributed by atoms with van der Waals surface area (Å²) in [5, 5.41) is 18.7. The van der Waals surface area contributed by atoms with Gasteiger partial charge in [0.25, 0.3) is 0 Å². The minimum absolute atomic E-state index is 0.402. The zero-order valence-corrected chi connectivity index (χ0v) is 10.9. The van der Waals surface area contributed by atoms with E-state index in [9.17, 15) is 5.11 Å². The molecule has 0 aromatic carbocycles. The number of hydrogen-bond acceptors (Lipinski definition) is 3. The molecule has 0 saturated carbocycles. The number of nitrogens with two attached hydrogens (primary N) is 1. The summed E-state index contributed by atoms with van der Waals surface area (Å²) < 4.78 is 0. The molecule has 0 fully saturated rings. The average Bonchev–Trinajstić information content (AvgIpc) is 2.09. The molecule has 0 aliphatic heterocycles. The summed E-state index contributed by atoms with van der Waals surface area (Å²) >= 11 is 0. The maximum absolute atomic E-state index is 9.99. The minimum Gasteiger partial charge on any atom is -0.405 e. The highest BCUT2D eigenvalue weighted by molar-refractivity contribution is 6.50. The lowest BCUT2D eigenvalue weighted by Gasteiger charge is -2.37. The second-order valence-corrected chi connectivity index (χ2v) is 5.19. The van der Waals surface area contributed by atoms with Crippen molar-refractivity contribution < 1.29 is 10.2 Å². The van der Waals surface area contributed by atoms with E-state index in [0.29, 0.717) is 0 Å². The molecule has 0 rings (SSSR count). The van der Waals surface area contributed by atoms with Crippen molar-refractivity contribution in [3.63, 3.8) is 0 Å². The molecule has 16 heavy (non-hydrogen) atoms. The first-order valence-electron chi connectivity index (χ1n) is 5.46. The number of aliphatic hydroxyl groups excluding tert-OH is 1. The van der Waals surface area contributed by atoms with Crippen LogP contribution in [0.15, 0.2) is 23.8 Å². The molecule has 0 aromatic rings. The molecule has 0 aromatic heterocycles. The quantitative estimate of drug-likeness (QED) is 0.488. The minimum atomic E-state index is -0.833. The molecule has 1 unspecified atom stereocenters. The van der Waals surface area contributed by atoms with Crippen LogP contribution in [0.5, 0.6) is 0 Å². The molecule has 0 aliphatic rings. The van der Waals surface area contributed by atoms with E-state index < -0.39 is 17.0 Å². The summed E-state index contributed by atoms with van der Waals surface area (Å²) in [4.78, 5) is 0. The highest BCUT2D eigenvalue weighted by atomic mass is 16.3. The third-order valence-corrected chi connectivity index (χ3v) is 2.86. The molecular weight excluding hydrogens is 201 g/mol. The van der Waals surface area contributed by atoms with Crippen molar-refractivity contribution >= 4 is 7.28 Å². The number of hydrogen-bond donors (Lipinski definition) is 3. The number of allylic oxidation sites excluding steroid dienone is 2. The second kappa shape index (κ2) is 5.55. The molecule has 91 valence electrons. The smallest absolute Gasteiger partial charge is 0.163 e. The lowest BCUT2D eigenvalue weighted by Crippen LogP contribution is -2.38. The van der Waals surface area contributed by atoms with Crippen LogP contribution in [-0.2, 0) is 0 Å². The molecular formula is C12H23BNO2. The van der Waals surface area contributed by atoms with Crippen LogP contribution in [-0.4, -0.2) is 29.2 Å². The topological polar surface area (TPSA) is 66.5 Å². The Labute approximate surface area is 99.3 Å². The van der Waals surface area contributed by atoms with Crippen molar-refractivity contribution in [2.75, 3.05) is 0 Å². The van der Waals surface area contributed by atoms with Gasteiger partial charge in [-0.15, -0.1) is 0 Å². The highest BCUT2D eigenvalue weighted by Crippen LogP contribution is 2.38. The summed E-state index contributed by atoms with van der Waals surface area (Å²) in [6.07, 6.45) is 4.36. The first kappa shape index (κ1) is 15.3. The highest BCUT2D eigenvalue weighted by Gasteiger charge is 2.35. The van der Waals surface area contributed by atoms with Crippen LogP contribution in [0.4, 0.5) is 0 Å². The van der Waals surface area contributed by atoms with Gasteiger partial charge in [-0.05, 0) is 32.3 Å². The summed E-state index contributed by atoms with van der Waals surface area (Å²) in [6, 6.07) is 0. The number of rotatable bonds is 5.